The minimum Gasteiger partial charge on any atom is -0.493 e. The predicted molar refractivity (Wildman–Crippen MR) is 107 cm³/mol. The van der Waals surface area contributed by atoms with Crippen LogP contribution in [0.15, 0.2) is 18.2 Å². The molecule has 1 amide bonds. The third kappa shape index (κ3) is 5.17. The van der Waals surface area contributed by atoms with Crippen LogP contribution in [0.25, 0.3) is 0 Å². The Morgan fingerprint density at radius 1 is 1.32 bits per heavy atom. The number of carbonyl (C=O) groups is 1. The minimum absolute atomic E-state index is 0.0473. The average Bonchev–Trinajstić information content (AvgIpc) is 3.17. The summed E-state index contributed by atoms with van der Waals surface area (Å²) in [5.74, 6) is 1.51. The highest BCUT2D eigenvalue weighted by Crippen LogP contribution is 2.33. The largest absolute Gasteiger partial charge is 0.493 e. The molecule has 156 valence electrons. The molecule has 28 heavy (non-hydrogen) atoms. The summed E-state index contributed by atoms with van der Waals surface area (Å²) in [4.78, 5) is 14.7. The van der Waals surface area contributed by atoms with Crippen molar-refractivity contribution in [1.29, 1.82) is 0 Å². The van der Waals surface area contributed by atoms with E-state index in [4.69, 9.17) is 18.9 Å². The lowest BCUT2D eigenvalue weighted by atomic mass is 9.90. The maximum atomic E-state index is 12.7. The highest BCUT2D eigenvalue weighted by Gasteiger charge is 2.34. The zero-order valence-corrected chi connectivity index (χ0v) is 17.5. The highest BCUT2D eigenvalue weighted by molar-refractivity contribution is 5.78. The van der Waals surface area contributed by atoms with Crippen LogP contribution in [0, 0.1) is 11.3 Å². The van der Waals surface area contributed by atoms with Gasteiger partial charge in [-0.1, -0.05) is 26.8 Å². The Hall–Kier alpha value is -1.79. The third-order valence-electron chi connectivity index (χ3n) is 5.33. The van der Waals surface area contributed by atoms with Crippen LogP contribution in [-0.4, -0.2) is 57.0 Å². The van der Waals surface area contributed by atoms with E-state index in [0.717, 1.165) is 25.0 Å². The van der Waals surface area contributed by atoms with Crippen LogP contribution in [0.2, 0.25) is 0 Å². The van der Waals surface area contributed by atoms with Gasteiger partial charge in [-0.05, 0) is 30.5 Å². The molecule has 6 nitrogen and oxygen atoms in total. The second-order valence-corrected chi connectivity index (χ2v) is 8.59. The van der Waals surface area contributed by atoms with Gasteiger partial charge in [-0.15, -0.1) is 0 Å². The van der Waals surface area contributed by atoms with E-state index < -0.39 is 0 Å². The second kappa shape index (κ2) is 9.14. The number of nitrogens with zero attached hydrogens (tertiary/aromatic N) is 1. The summed E-state index contributed by atoms with van der Waals surface area (Å²) >= 11 is 0. The average molecular weight is 392 g/mol. The molecule has 0 bridgehead atoms. The smallest absolute Gasteiger partial charge is 0.225 e. The lowest BCUT2D eigenvalue weighted by Gasteiger charge is -2.37. The molecule has 0 aromatic heterocycles. The van der Waals surface area contributed by atoms with Gasteiger partial charge in [0.1, 0.15) is 0 Å². The second-order valence-electron chi connectivity index (χ2n) is 8.59. The molecule has 3 rings (SSSR count). The van der Waals surface area contributed by atoms with Gasteiger partial charge in [-0.2, -0.15) is 0 Å². The first-order valence-electron chi connectivity index (χ1n) is 10.2. The first-order valence-corrected chi connectivity index (χ1v) is 10.2. The van der Waals surface area contributed by atoms with Gasteiger partial charge in [0.2, 0.25) is 5.91 Å². The van der Waals surface area contributed by atoms with E-state index >= 15 is 0 Å². The van der Waals surface area contributed by atoms with Crippen molar-refractivity contribution < 1.29 is 23.7 Å². The summed E-state index contributed by atoms with van der Waals surface area (Å²) < 4.78 is 22.6. The lowest BCUT2D eigenvalue weighted by Crippen LogP contribution is -2.44. The topological polar surface area (TPSA) is 57.2 Å². The molecule has 2 aliphatic heterocycles. The van der Waals surface area contributed by atoms with E-state index in [0.29, 0.717) is 44.4 Å². The summed E-state index contributed by atoms with van der Waals surface area (Å²) in [5, 5.41) is 0. The number of ether oxygens (including phenoxy) is 4. The number of hydrogen-bond acceptors (Lipinski definition) is 5. The van der Waals surface area contributed by atoms with E-state index in [1.165, 1.54) is 0 Å². The van der Waals surface area contributed by atoms with Crippen molar-refractivity contribution in [3.05, 3.63) is 23.8 Å². The number of amides is 1. The van der Waals surface area contributed by atoms with E-state index in [2.05, 4.69) is 6.92 Å². The Bertz CT molecular complexity index is 665. The molecular formula is C22H33NO5. The number of benzene rings is 1. The Labute approximate surface area is 168 Å². The molecule has 0 aliphatic carbocycles. The molecule has 2 aliphatic rings. The Morgan fingerprint density at radius 3 is 2.68 bits per heavy atom. The van der Waals surface area contributed by atoms with Crippen molar-refractivity contribution >= 4 is 5.91 Å². The van der Waals surface area contributed by atoms with Crippen molar-refractivity contribution in [2.24, 2.45) is 11.3 Å². The summed E-state index contributed by atoms with van der Waals surface area (Å²) in [6.07, 6.45) is 2.21. The summed E-state index contributed by atoms with van der Waals surface area (Å²) in [5.41, 5.74) is 1.08. The van der Waals surface area contributed by atoms with Gasteiger partial charge in [0.15, 0.2) is 11.5 Å². The molecule has 0 radical (unpaired) electrons. The summed E-state index contributed by atoms with van der Waals surface area (Å²) in [6.45, 7) is 10.0. The number of rotatable bonds is 9. The van der Waals surface area contributed by atoms with E-state index in [1.54, 1.807) is 7.11 Å². The minimum atomic E-state index is -0.0473. The van der Waals surface area contributed by atoms with Crippen LogP contribution in [0.1, 0.15) is 39.2 Å². The molecule has 2 fully saturated rings. The van der Waals surface area contributed by atoms with Gasteiger partial charge in [0, 0.05) is 31.0 Å². The monoisotopic (exact) mass is 391 g/mol. The van der Waals surface area contributed by atoms with Gasteiger partial charge < -0.3 is 23.8 Å². The molecular weight excluding hydrogens is 358 g/mol. The summed E-state index contributed by atoms with van der Waals surface area (Å²) in [7, 11) is 1.64. The first kappa shape index (κ1) is 20.9. The molecule has 0 saturated carbocycles. The van der Waals surface area contributed by atoms with Crippen molar-refractivity contribution in [2.75, 3.05) is 40.1 Å². The van der Waals surface area contributed by atoms with Crippen molar-refractivity contribution in [2.45, 2.75) is 46.3 Å². The molecule has 2 saturated heterocycles. The fraction of sp³-hybridized carbons (Fsp3) is 0.682. The van der Waals surface area contributed by atoms with E-state index in [1.807, 2.05) is 36.9 Å². The van der Waals surface area contributed by atoms with Gasteiger partial charge in [-0.3, -0.25) is 4.79 Å². The normalized spacial score (nSPS) is 20.7. The fourth-order valence-corrected chi connectivity index (χ4v) is 3.57. The van der Waals surface area contributed by atoms with Crippen molar-refractivity contribution in [1.82, 2.24) is 4.90 Å². The Morgan fingerprint density at radius 2 is 2.11 bits per heavy atom. The van der Waals surface area contributed by atoms with E-state index in [-0.39, 0.29) is 23.3 Å². The maximum absolute atomic E-state index is 12.7. The zero-order chi connectivity index (χ0) is 20.1. The molecule has 2 heterocycles. The quantitative estimate of drug-likeness (QED) is 0.647. The predicted octanol–water partition coefficient (Wildman–Crippen LogP) is 3.27. The molecule has 1 unspecified atom stereocenters. The molecule has 0 spiro atoms. The van der Waals surface area contributed by atoms with Gasteiger partial charge in [0.25, 0.3) is 0 Å². The van der Waals surface area contributed by atoms with Crippen LogP contribution in [-0.2, 0) is 20.8 Å². The van der Waals surface area contributed by atoms with E-state index in [9.17, 15) is 4.79 Å². The van der Waals surface area contributed by atoms with Gasteiger partial charge >= 0.3 is 0 Å². The zero-order valence-electron chi connectivity index (χ0n) is 17.5. The number of hydrogen-bond donors (Lipinski definition) is 0. The lowest BCUT2D eigenvalue weighted by molar-refractivity contribution is -0.136. The highest BCUT2D eigenvalue weighted by atomic mass is 16.5. The Balaban J connectivity index is 1.71. The molecule has 0 N–H and O–H groups in total. The van der Waals surface area contributed by atoms with Crippen LogP contribution < -0.4 is 9.47 Å². The number of methoxy groups -OCH3 is 1. The van der Waals surface area contributed by atoms with Crippen LogP contribution in [0.5, 0.6) is 11.5 Å². The van der Waals surface area contributed by atoms with Crippen molar-refractivity contribution in [3.63, 3.8) is 0 Å². The first-order chi connectivity index (χ1) is 13.4. The third-order valence-corrected chi connectivity index (χ3v) is 5.33. The van der Waals surface area contributed by atoms with Crippen LogP contribution in [0.4, 0.5) is 0 Å². The van der Waals surface area contributed by atoms with Gasteiger partial charge in [0.05, 0.1) is 33.0 Å². The summed E-state index contributed by atoms with van der Waals surface area (Å²) in [6, 6.07) is 5.89. The Kier molecular flexibility index (Phi) is 6.83. The standard InChI is InChI=1S/C22H33NO5/c1-16(2)21(24)23(12-18-6-5-9-27-18)11-17-7-8-19(25-4)20(10-17)28-15-22(3)13-26-14-22/h7-8,10,16,18H,5-6,9,11-15H2,1-4H3. The van der Waals surface area contributed by atoms with Gasteiger partial charge in [-0.25, -0.2) is 0 Å². The SMILES string of the molecule is COc1ccc(CN(CC2CCCO2)C(=O)C(C)C)cc1OCC1(C)COC1. The van der Waals surface area contributed by atoms with Crippen LogP contribution in [0.3, 0.4) is 0 Å². The maximum Gasteiger partial charge on any atom is 0.225 e. The molecule has 1 atom stereocenters. The fourth-order valence-electron chi connectivity index (χ4n) is 3.57. The number of carbonyl (C=O) groups excluding carboxylic acids is 1. The molecule has 1 aromatic rings. The molecule has 6 heteroatoms. The van der Waals surface area contributed by atoms with Crippen LogP contribution >= 0.6 is 0 Å². The van der Waals surface area contributed by atoms with Crippen molar-refractivity contribution in [3.8, 4) is 11.5 Å². The molecule has 1 aromatic carbocycles.